The molecule has 4 heteroatoms. The molecule has 2 aliphatic heterocycles. The first-order valence-corrected chi connectivity index (χ1v) is 7.82. The molecule has 2 N–H and O–H groups in total. The third-order valence-electron chi connectivity index (χ3n) is 4.41. The van der Waals surface area contributed by atoms with Crippen LogP contribution in [0.4, 0.5) is 5.69 Å². The lowest BCUT2D eigenvalue weighted by atomic mass is 9.93. The summed E-state index contributed by atoms with van der Waals surface area (Å²) < 4.78 is 5.70. The van der Waals surface area contributed by atoms with Gasteiger partial charge in [-0.2, -0.15) is 0 Å². The molecule has 0 saturated carbocycles. The summed E-state index contributed by atoms with van der Waals surface area (Å²) in [4.78, 5) is 12.5. The first-order valence-electron chi connectivity index (χ1n) is 7.82. The smallest absolute Gasteiger partial charge is 0.242 e. The van der Waals surface area contributed by atoms with Crippen LogP contribution in [0.1, 0.15) is 38.7 Å². The van der Waals surface area contributed by atoms with E-state index in [0.717, 1.165) is 38.0 Å². The van der Waals surface area contributed by atoms with E-state index in [0.29, 0.717) is 0 Å². The third kappa shape index (κ3) is 3.38. The minimum atomic E-state index is -0.136. The van der Waals surface area contributed by atoms with Gasteiger partial charge >= 0.3 is 0 Å². The maximum atomic E-state index is 12.5. The molecule has 1 saturated heterocycles. The number of amides is 1. The van der Waals surface area contributed by atoms with E-state index in [1.54, 1.807) is 0 Å². The Morgan fingerprint density at radius 3 is 2.95 bits per heavy atom. The molecule has 2 heterocycles. The van der Waals surface area contributed by atoms with Gasteiger partial charge in [-0.1, -0.05) is 18.2 Å². The zero-order valence-corrected chi connectivity index (χ0v) is 12.8. The molecule has 0 bridgehead atoms. The van der Waals surface area contributed by atoms with Gasteiger partial charge in [-0.25, -0.2) is 0 Å². The number of carbonyl (C=O) groups is 1. The Bertz CT molecular complexity index is 527. The number of ether oxygens (including phenoxy) is 1. The lowest BCUT2D eigenvalue weighted by Crippen LogP contribution is -2.50. The first kappa shape index (κ1) is 14.4. The summed E-state index contributed by atoms with van der Waals surface area (Å²) >= 11 is 0. The monoisotopic (exact) mass is 288 g/mol. The van der Waals surface area contributed by atoms with E-state index in [1.165, 1.54) is 5.56 Å². The molecule has 1 amide bonds. The van der Waals surface area contributed by atoms with Crippen molar-refractivity contribution in [2.75, 3.05) is 11.9 Å². The molecular weight excluding hydrogens is 264 g/mol. The Balaban J connectivity index is 1.59. The molecule has 2 aliphatic rings. The molecule has 1 aromatic carbocycles. The van der Waals surface area contributed by atoms with Crippen LogP contribution < -0.4 is 10.6 Å². The molecule has 0 radical (unpaired) electrons. The van der Waals surface area contributed by atoms with Gasteiger partial charge in [0, 0.05) is 18.3 Å². The van der Waals surface area contributed by atoms with Gasteiger partial charge in [-0.3, -0.25) is 4.79 Å². The number of carbonyl (C=O) groups excluding carboxylic acids is 1. The van der Waals surface area contributed by atoms with Crippen molar-refractivity contribution in [3.05, 3.63) is 29.8 Å². The Morgan fingerprint density at radius 2 is 2.14 bits per heavy atom. The molecule has 0 aliphatic carbocycles. The Kier molecular flexibility index (Phi) is 3.89. The highest BCUT2D eigenvalue weighted by molar-refractivity contribution is 5.85. The number of nitrogens with one attached hydrogen (secondary N) is 2. The first-order chi connectivity index (χ1) is 10.0. The van der Waals surface area contributed by atoms with Crippen molar-refractivity contribution in [3.8, 4) is 0 Å². The number of hydrogen-bond donors (Lipinski definition) is 2. The average Bonchev–Trinajstić information content (AvgIpc) is 2.45. The second-order valence-electron chi connectivity index (χ2n) is 6.70. The molecule has 0 spiro atoms. The summed E-state index contributed by atoms with van der Waals surface area (Å²) in [6.45, 7) is 4.89. The Labute approximate surface area is 126 Å². The number of rotatable bonds is 2. The molecule has 1 aromatic rings. The van der Waals surface area contributed by atoms with E-state index in [4.69, 9.17) is 4.74 Å². The fourth-order valence-electron chi connectivity index (χ4n) is 3.29. The maximum Gasteiger partial charge on any atom is 0.242 e. The number of para-hydroxylation sites is 1. The van der Waals surface area contributed by atoms with E-state index in [9.17, 15) is 4.79 Å². The fraction of sp³-hybridized carbons (Fsp3) is 0.588. The second-order valence-corrected chi connectivity index (χ2v) is 6.70. The lowest BCUT2D eigenvalue weighted by Gasteiger charge is -2.37. The SMILES string of the molecule is CC1(C)CC(NC(=O)C2CCc3ccccc3N2)CCO1. The van der Waals surface area contributed by atoms with Crippen LogP contribution in [0.2, 0.25) is 0 Å². The van der Waals surface area contributed by atoms with Gasteiger partial charge in [0.2, 0.25) is 5.91 Å². The summed E-state index contributed by atoms with van der Waals surface area (Å²) in [5.41, 5.74) is 2.26. The van der Waals surface area contributed by atoms with Crippen molar-refractivity contribution in [1.82, 2.24) is 5.32 Å². The van der Waals surface area contributed by atoms with Crippen molar-refractivity contribution < 1.29 is 9.53 Å². The summed E-state index contributed by atoms with van der Waals surface area (Å²) in [6.07, 6.45) is 3.59. The van der Waals surface area contributed by atoms with Crippen LogP contribution in [0.5, 0.6) is 0 Å². The van der Waals surface area contributed by atoms with Gasteiger partial charge < -0.3 is 15.4 Å². The van der Waals surface area contributed by atoms with Crippen LogP contribution in [0.3, 0.4) is 0 Å². The van der Waals surface area contributed by atoms with Gasteiger partial charge in [0.1, 0.15) is 6.04 Å². The van der Waals surface area contributed by atoms with Gasteiger partial charge in [0.25, 0.3) is 0 Å². The number of benzene rings is 1. The highest BCUT2D eigenvalue weighted by Gasteiger charge is 2.31. The van der Waals surface area contributed by atoms with E-state index in [1.807, 2.05) is 18.2 Å². The summed E-state index contributed by atoms with van der Waals surface area (Å²) in [6, 6.07) is 8.33. The molecule has 4 nitrogen and oxygen atoms in total. The predicted octanol–water partition coefficient (Wildman–Crippen LogP) is 2.49. The van der Waals surface area contributed by atoms with Crippen molar-refractivity contribution in [1.29, 1.82) is 0 Å². The zero-order chi connectivity index (χ0) is 14.9. The van der Waals surface area contributed by atoms with Gasteiger partial charge in [-0.05, 0) is 51.2 Å². The molecule has 1 fully saturated rings. The standard InChI is InChI=1S/C17H24N2O2/c1-17(2)11-13(9-10-21-17)18-16(20)15-8-7-12-5-3-4-6-14(12)19-15/h3-6,13,15,19H,7-11H2,1-2H3,(H,18,20). The highest BCUT2D eigenvalue weighted by atomic mass is 16.5. The zero-order valence-electron chi connectivity index (χ0n) is 12.8. The molecule has 114 valence electrons. The van der Waals surface area contributed by atoms with Gasteiger partial charge in [0.15, 0.2) is 0 Å². The second kappa shape index (κ2) is 5.68. The minimum Gasteiger partial charge on any atom is -0.375 e. The molecule has 21 heavy (non-hydrogen) atoms. The van der Waals surface area contributed by atoms with Crippen molar-refractivity contribution in [3.63, 3.8) is 0 Å². The molecule has 0 aromatic heterocycles. The lowest BCUT2D eigenvalue weighted by molar-refractivity contribution is -0.125. The van der Waals surface area contributed by atoms with E-state index in [2.05, 4.69) is 30.5 Å². The molecule has 2 unspecified atom stereocenters. The number of hydrogen-bond acceptors (Lipinski definition) is 3. The van der Waals surface area contributed by atoms with E-state index >= 15 is 0 Å². The normalized spacial score (nSPS) is 27.3. The summed E-state index contributed by atoms with van der Waals surface area (Å²) in [5.74, 6) is 0.118. The quantitative estimate of drug-likeness (QED) is 0.879. The number of fused-ring (bicyclic) bond motifs is 1. The van der Waals surface area contributed by atoms with Crippen LogP contribution in [0, 0.1) is 0 Å². The average molecular weight is 288 g/mol. The van der Waals surface area contributed by atoms with Crippen molar-refractivity contribution in [2.24, 2.45) is 0 Å². The van der Waals surface area contributed by atoms with E-state index < -0.39 is 0 Å². The maximum absolute atomic E-state index is 12.5. The Morgan fingerprint density at radius 1 is 1.33 bits per heavy atom. The van der Waals surface area contributed by atoms with Crippen LogP contribution in [0.15, 0.2) is 24.3 Å². The predicted molar refractivity (Wildman–Crippen MR) is 83.4 cm³/mol. The number of aryl methyl sites for hydroxylation is 1. The minimum absolute atomic E-state index is 0.118. The molecule has 3 rings (SSSR count). The fourth-order valence-corrected chi connectivity index (χ4v) is 3.29. The van der Waals surface area contributed by atoms with Crippen LogP contribution in [0.25, 0.3) is 0 Å². The summed E-state index contributed by atoms with van der Waals surface area (Å²) in [5, 5.41) is 6.56. The van der Waals surface area contributed by atoms with Crippen LogP contribution in [-0.4, -0.2) is 30.2 Å². The van der Waals surface area contributed by atoms with Crippen molar-refractivity contribution >= 4 is 11.6 Å². The van der Waals surface area contributed by atoms with E-state index in [-0.39, 0.29) is 23.6 Å². The van der Waals surface area contributed by atoms with Crippen molar-refractivity contribution in [2.45, 2.75) is 57.2 Å². The highest BCUT2D eigenvalue weighted by Crippen LogP contribution is 2.26. The number of anilines is 1. The van der Waals surface area contributed by atoms with Gasteiger partial charge in [-0.15, -0.1) is 0 Å². The van der Waals surface area contributed by atoms with Gasteiger partial charge in [0.05, 0.1) is 5.60 Å². The summed E-state index contributed by atoms with van der Waals surface area (Å²) in [7, 11) is 0. The topological polar surface area (TPSA) is 50.4 Å². The van der Waals surface area contributed by atoms with Crippen LogP contribution in [-0.2, 0) is 16.0 Å². The molecular formula is C17H24N2O2. The Hall–Kier alpha value is -1.55. The molecule has 2 atom stereocenters. The third-order valence-corrected chi connectivity index (χ3v) is 4.41. The van der Waals surface area contributed by atoms with Crippen LogP contribution >= 0.6 is 0 Å². The largest absolute Gasteiger partial charge is 0.375 e.